The first-order valence-corrected chi connectivity index (χ1v) is 5.30. The number of rotatable bonds is 2. The maximum Gasteiger partial charge on any atom is 0.286 e. The van der Waals surface area contributed by atoms with Gasteiger partial charge in [0, 0.05) is 5.56 Å². The van der Waals surface area contributed by atoms with Gasteiger partial charge in [-0.3, -0.25) is 4.79 Å². The molecule has 0 spiro atoms. The molecular weight excluding hydrogens is 217 g/mol. The highest BCUT2D eigenvalue weighted by Gasteiger charge is 2.16. The lowest BCUT2D eigenvalue weighted by Gasteiger charge is -2.12. The Labute approximate surface area is 99.2 Å². The van der Waals surface area contributed by atoms with Crippen LogP contribution in [0, 0.1) is 6.92 Å². The van der Waals surface area contributed by atoms with Crippen LogP contribution in [0.4, 0.5) is 10.2 Å². The van der Waals surface area contributed by atoms with E-state index in [9.17, 15) is 9.28 Å². The van der Waals surface area contributed by atoms with Gasteiger partial charge < -0.3 is 0 Å². The zero-order valence-electron chi connectivity index (χ0n) is 9.43. The van der Waals surface area contributed by atoms with E-state index in [1.807, 2.05) is 6.92 Å². The summed E-state index contributed by atoms with van der Waals surface area (Å²) in [7, 11) is 0. The fraction of sp³-hybridized carbons (Fsp3) is 0.0714. The molecule has 2 nitrogen and oxygen atoms in total. The van der Waals surface area contributed by atoms with Crippen LogP contribution in [0.5, 0.6) is 0 Å². The zero-order chi connectivity index (χ0) is 12.3. The predicted octanol–water partition coefficient (Wildman–Crippen LogP) is 3.53. The molecule has 2 rings (SSSR count). The van der Waals surface area contributed by atoms with Crippen molar-refractivity contribution in [1.29, 1.82) is 0 Å². The summed E-state index contributed by atoms with van der Waals surface area (Å²) in [5, 5.41) is 0.161. The summed E-state index contributed by atoms with van der Waals surface area (Å²) in [6.45, 7) is 1.91. The number of carbonyl (C=O) groups is 1. The highest BCUT2D eigenvalue weighted by Crippen LogP contribution is 2.18. The highest BCUT2D eigenvalue weighted by molar-refractivity contribution is 6.04. The largest absolute Gasteiger partial charge is 0.286 e. The minimum Gasteiger partial charge on any atom is -0.266 e. The Morgan fingerprint density at radius 1 is 1.00 bits per heavy atom. The van der Waals surface area contributed by atoms with Crippen LogP contribution in [0.2, 0.25) is 0 Å². The Hall–Kier alpha value is -2.16. The van der Waals surface area contributed by atoms with Gasteiger partial charge >= 0.3 is 0 Å². The minimum atomic E-state index is -0.658. The smallest absolute Gasteiger partial charge is 0.266 e. The van der Waals surface area contributed by atoms with E-state index in [0.717, 1.165) is 5.56 Å². The maximum atomic E-state index is 13.8. The monoisotopic (exact) mass is 229 g/mol. The van der Waals surface area contributed by atoms with Crippen molar-refractivity contribution >= 4 is 11.6 Å². The number of aryl methyl sites for hydroxylation is 1. The first-order chi connectivity index (χ1) is 8.18. The molecule has 0 heterocycles. The van der Waals surface area contributed by atoms with Gasteiger partial charge in [0.05, 0.1) is 5.69 Å². The Bertz CT molecular complexity index is 508. The molecule has 0 aromatic heterocycles. The summed E-state index contributed by atoms with van der Waals surface area (Å²) in [5.41, 5.74) is 1.59. The van der Waals surface area contributed by atoms with Crippen LogP contribution in [-0.2, 0) is 0 Å². The van der Waals surface area contributed by atoms with Crippen molar-refractivity contribution in [1.82, 2.24) is 0 Å². The fourth-order valence-electron chi connectivity index (χ4n) is 1.49. The second-order valence-corrected chi connectivity index (χ2v) is 3.79. The van der Waals surface area contributed by atoms with Gasteiger partial charge in [0.25, 0.3) is 5.91 Å². The number of amides is 1. The van der Waals surface area contributed by atoms with Crippen LogP contribution in [0.15, 0.2) is 54.6 Å². The van der Waals surface area contributed by atoms with E-state index < -0.39 is 5.91 Å². The van der Waals surface area contributed by atoms with Crippen molar-refractivity contribution in [2.45, 2.75) is 6.92 Å². The van der Waals surface area contributed by atoms with Gasteiger partial charge in [-0.05, 0) is 31.2 Å². The normalized spacial score (nSPS) is 10.0. The van der Waals surface area contributed by atoms with E-state index in [1.54, 1.807) is 54.6 Å². The lowest BCUT2D eigenvalue weighted by atomic mass is 10.2. The molecule has 0 atom stereocenters. The molecule has 0 radical (unpaired) electrons. The Morgan fingerprint density at radius 2 is 1.59 bits per heavy atom. The average Bonchev–Trinajstić information content (AvgIpc) is 2.39. The van der Waals surface area contributed by atoms with Gasteiger partial charge in [0.2, 0.25) is 0 Å². The van der Waals surface area contributed by atoms with Crippen LogP contribution in [0.1, 0.15) is 15.9 Å². The summed E-state index contributed by atoms with van der Waals surface area (Å²) in [4.78, 5) is 11.8. The number of hydrogen-bond donors (Lipinski definition) is 0. The number of carbonyl (C=O) groups excluding carboxylic acids is 1. The number of halogens is 1. The molecular formula is C14H12FNO. The van der Waals surface area contributed by atoms with E-state index >= 15 is 0 Å². The van der Waals surface area contributed by atoms with Crippen molar-refractivity contribution in [3.05, 3.63) is 65.7 Å². The van der Waals surface area contributed by atoms with Gasteiger partial charge in [0.15, 0.2) is 0 Å². The summed E-state index contributed by atoms with van der Waals surface area (Å²) in [5.74, 6) is -0.658. The topological polar surface area (TPSA) is 20.3 Å². The van der Waals surface area contributed by atoms with E-state index in [0.29, 0.717) is 5.56 Å². The van der Waals surface area contributed by atoms with Crippen LogP contribution in [-0.4, -0.2) is 5.91 Å². The molecule has 17 heavy (non-hydrogen) atoms. The van der Waals surface area contributed by atoms with Crippen molar-refractivity contribution < 1.29 is 9.28 Å². The van der Waals surface area contributed by atoms with Crippen LogP contribution < -0.4 is 5.12 Å². The van der Waals surface area contributed by atoms with Gasteiger partial charge in [-0.15, -0.1) is 5.12 Å². The molecule has 0 aliphatic rings. The maximum absolute atomic E-state index is 13.8. The summed E-state index contributed by atoms with van der Waals surface area (Å²) in [6.07, 6.45) is 0. The highest BCUT2D eigenvalue weighted by atomic mass is 19.2. The Kier molecular flexibility index (Phi) is 3.19. The van der Waals surface area contributed by atoms with Crippen molar-refractivity contribution in [2.24, 2.45) is 0 Å². The third-order valence-electron chi connectivity index (χ3n) is 2.46. The van der Waals surface area contributed by atoms with E-state index in [4.69, 9.17) is 0 Å². The van der Waals surface area contributed by atoms with E-state index in [2.05, 4.69) is 0 Å². The van der Waals surface area contributed by atoms with Gasteiger partial charge in [-0.1, -0.05) is 40.4 Å². The number of nitrogens with zero attached hydrogens (tertiary/aromatic N) is 1. The third-order valence-corrected chi connectivity index (χ3v) is 2.46. The third kappa shape index (κ3) is 2.50. The fourth-order valence-corrected chi connectivity index (χ4v) is 1.49. The SMILES string of the molecule is Cc1ccc(N(F)C(=O)c2ccccc2)cc1. The predicted molar refractivity (Wildman–Crippen MR) is 65.5 cm³/mol. The molecule has 0 bridgehead atoms. The minimum absolute atomic E-state index is 0.161. The van der Waals surface area contributed by atoms with Crippen molar-refractivity contribution in [3.63, 3.8) is 0 Å². The Morgan fingerprint density at radius 3 is 2.18 bits per heavy atom. The number of hydrogen-bond acceptors (Lipinski definition) is 1. The number of benzene rings is 2. The molecule has 2 aromatic rings. The molecule has 0 fully saturated rings. The molecule has 0 aliphatic carbocycles. The van der Waals surface area contributed by atoms with Crippen LogP contribution in [0.3, 0.4) is 0 Å². The molecule has 0 N–H and O–H groups in total. The molecule has 86 valence electrons. The summed E-state index contributed by atoms with van der Waals surface area (Å²) < 4.78 is 13.8. The summed E-state index contributed by atoms with van der Waals surface area (Å²) >= 11 is 0. The lowest BCUT2D eigenvalue weighted by molar-refractivity contribution is 0.0931. The van der Waals surface area contributed by atoms with Crippen molar-refractivity contribution in [3.8, 4) is 0 Å². The molecule has 0 unspecified atom stereocenters. The first-order valence-electron chi connectivity index (χ1n) is 5.30. The first kappa shape index (κ1) is 11.3. The second-order valence-electron chi connectivity index (χ2n) is 3.79. The van der Waals surface area contributed by atoms with Crippen LogP contribution >= 0.6 is 0 Å². The van der Waals surface area contributed by atoms with Gasteiger partial charge in [-0.2, -0.15) is 0 Å². The molecule has 3 heteroatoms. The van der Waals surface area contributed by atoms with Gasteiger partial charge in [0.1, 0.15) is 0 Å². The standard InChI is InChI=1S/C14H12FNO/c1-11-7-9-13(10-8-11)16(15)14(17)12-5-3-2-4-6-12/h2-10H,1H3. The molecule has 2 aromatic carbocycles. The molecule has 0 saturated heterocycles. The zero-order valence-corrected chi connectivity index (χ0v) is 9.43. The molecule has 0 saturated carbocycles. The summed E-state index contributed by atoms with van der Waals surface area (Å²) in [6, 6.07) is 15.1. The van der Waals surface area contributed by atoms with Crippen LogP contribution in [0.25, 0.3) is 0 Å². The van der Waals surface area contributed by atoms with E-state index in [-0.39, 0.29) is 10.8 Å². The van der Waals surface area contributed by atoms with E-state index in [1.165, 1.54) is 0 Å². The van der Waals surface area contributed by atoms with Gasteiger partial charge in [-0.25, -0.2) is 0 Å². The Balaban J connectivity index is 2.23. The number of anilines is 1. The quantitative estimate of drug-likeness (QED) is 0.721. The van der Waals surface area contributed by atoms with Crippen molar-refractivity contribution in [2.75, 3.05) is 5.12 Å². The molecule has 0 aliphatic heterocycles. The second kappa shape index (κ2) is 4.78. The lowest BCUT2D eigenvalue weighted by Crippen LogP contribution is -2.21. The average molecular weight is 229 g/mol. The molecule has 1 amide bonds.